The van der Waals surface area contributed by atoms with E-state index in [0.29, 0.717) is 19.4 Å². The molecule has 1 atom stereocenters. The molecule has 0 aliphatic carbocycles. The Morgan fingerprint density at radius 2 is 2.12 bits per heavy atom. The molecule has 2 N–H and O–H groups in total. The molecule has 5 nitrogen and oxygen atoms in total. The van der Waals surface area contributed by atoms with Crippen molar-refractivity contribution >= 4 is 23.8 Å². The molecule has 0 spiro atoms. The van der Waals surface area contributed by atoms with Crippen LogP contribution in [0, 0.1) is 5.92 Å². The Hall–Kier alpha value is -0.910. The Morgan fingerprint density at radius 1 is 1.47 bits per heavy atom. The van der Waals surface area contributed by atoms with Crippen molar-refractivity contribution in [2.45, 2.75) is 19.8 Å². The number of carboxylic acids is 1. The van der Waals surface area contributed by atoms with Gasteiger partial charge in [0.15, 0.2) is 0 Å². The summed E-state index contributed by atoms with van der Waals surface area (Å²) in [6, 6.07) is -0.0953. The topological polar surface area (TPSA) is 69.6 Å². The first-order valence-electron chi connectivity index (χ1n) is 5.69. The van der Waals surface area contributed by atoms with Crippen LogP contribution in [-0.2, 0) is 4.79 Å². The third-order valence-corrected chi connectivity index (χ3v) is 3.08. The summed E-state index contributed by atoms with van der Waals surface area (Å²) in [6.07, 6.45) is 3.28. The van der Waals surface area contributed by atoms with Gasteiger partial charge in [0.2, 0.25) is 0 Å². The van der Waals surface area contributed by atoms with Crippen molar-refractivity contribution in [2.24, 2.45) is 5.92 Å². The first kappa shape index (κ1) is 16.1. The van der Waals surface area contributed by atoms with Crippen LogP contribution in [0.3, 0.4) is 0 Å². The average Bonchev–Trinajstić information content (AvgIpc) is 2.30. The summed E-state index contributed by atoms with van der Waals surface area (Å²) in [5, 5.41) is 11.4. The van der Waals surface area contributed by atoms with Gasteiger partial charge in [0, 0.05) is 25.9 Å². The van der Waals surface area contributed by atoms with Crippen LogP contribution in [0.1, 0.15) is 19.8 Å². The van der Waals surface area contributed by atoms with E-state index in [1.807, 2.05) is 6.26 Å². The molecule has 0 aromatic rings. The van der Waals surface area contributed by atoms with Crippen molar-refractivity contribution in [1.82, 2.24) is 10.2 Å². The molecule has 0 rings (SSSR count). The second-order valence-corrected chi connectivity index (χ2v) is 5.01. The van der Waals surface area contributed by atoms with E-state index in [1.54, 1.807) is 30.6 Å². The number of carboxylic acid groups (broad SMARTS) is 1. The standard InChI is InChI=1S/C11H22N2O3S/c1-9(10(14)15)5-4-6-12-11(16)13(2)7-8-17-3/h9H,4-8H2,1-3H3,(H,12,16)(H,14,15). The van der Waals surface area contributed by atoms with E-state index in [-0.39, 0.29) is 11.9 Å². The predicted octanol–water partition coefficient (Wildman–Crippen LogP) is 1.49. The number of amides is 2. The molecule has 0 saturated carbocycles. The van der Waals surface area contributed by atoms with Crippen molar-refractivity contribution in [3.05, 3.63) is 0 Å². The smallest absolute Gasteiger partial charge is 0.317 e. The van der Waals surface area contributed by atoms with Gasteiger partial charge >= 0.3 is 12.0 Å². The molecule has 0 fully saturated rings. The lowest BCUT2D eigenvalue weighted by Gasteiger charge is -2.17. The van der Waals surface area contributed by atoms with Crippen LogP contribution >= 0.6 is 11.8 Å². The minimum absolute atomic E-state index is 0.0953. The van der Waals surface area contributed by atoms with E-state index in [0.717, 1.165) is 12.3 Å². The van der Waals surface area contributed by atoms with E-state index in [4.69, 9.17) is 5.11 Å². The van der Waals surface area contributed by atoms with Crippen molar-refractivity contribution < 1.29 is 14.7 Å². The minimum Gasteiger partial charge on any atom is -0.481 e. The fourth-order valence-electron chi connectivity index (χ4n) is 1.19. The van der Waals surface area contributed by atoms with Crippen molar-refractivity contribution in [3.63, 3.8) is 0 Å². The molecule has 0 heterocycles. The van der Waals surface area contributed by atoms with E-state index in [1.165, 1.54) is 0 Å². The van der Waals surface area contributed by atoms with Crippen molar-refractivity contribution in [1.29, 1.82) is 0 Å². The molecular weight excluding hydrogens is 240 g/mol. The number of urea groups is 1. The van der Waals surface area contributed by atoms with Gasteiger partial charge in [0.25, 0.3) is 0 Å². The Morgan fingerprint density at radius 3 is 2.65 bits per heavy atom. The zero-order chi connectivity index (χ0) is 13.3. The molecule has 1 unspecified atom stereocenters. The molecule has 100 valence electrons. The summed E-state index contributed by atoms with van der Waals surface area (Å²) >= 11 is 1.70. The van der Waals surface area contributed by atoms with E-state index in [2.05, 4.69) is 5.32 Å². The maximum absolute atomic E-state index is 11.5. The first-order valence-corrected chi connectivity index (χ1v) is 7.09. The van der Waals surface area contributed by atoms with Gasteiger partial charge in [-0.2, -0.15) is 11.8 Å². The summed E-state index contributed by atoms with van der Waals surface area (Å²) < 4.78 is 0. The number of nitrogens with zero attached hydrogens (tertiary/aromatic N) is 1. The Kier molecular flexibility index (Phi) is 8.66. The van der Waals surface area contributed by atoms with Crippen LogP contribution in [0.15, 0.2) is 0 Å². The molecule has 0 aromatic heterocycles. The molecule has 0 radical (unpaired) electrons. The number of nitrogens with one attached hydrogen (secondary N) is 1. The molecule has 17 heavy (non-hydrogen) atoms. The fraction of sp³-hybridized carbons (Fsp3) is 0.818. The number of carbonyl (C=O) groups is 2. The highest BCUT2D eigenvalue weighted by molar-refractivity contribution is 7.98. The summed E-state index contributed by atoms with van der Waals surface area (Å²) in [4.78, 5) is 23.7. The Balaban J connectivity index is 3.60. The van der Waals surface area contributed by atoms with E-state index >= 15 is 0 Å². The van der Waals surface area contributed by atoms with Crippen LogP contribution in [0.2, 0.25) is 0 Å². The number of rotatable bonds is 8. The number of hydrogen-bond acceptors (Lipinski definition) is 3. The monoisotopic (exact) mass is 262 g/mol. The minimum atomic E-state index is -0.784. The molecule has 0 aliphatic rings. The van der Waals surface area contributed by atoms with Gasteiger partial charge in [-0.1, -0.05) is 6.92 Å². The second kappa shape index (κ2) is 9.15. The second-order valence-electron chi connectivity index (χ2n) is 4.03. The third kappa shape index (κ3) is 7.90. The normalized spacial score (nSPS) is 11.9. The largest absolute Gasteiger partial charge is 0.481 e. The lowest BCUT2D eigenvalue weighted by Crippen LogP contribution is -2.38. The molecule has 0 saturated heterocycles. The van der Waals surface area contributed by atoms with Crippen LogP contribution < -0.4 is 5.32 Å². The highest BCUT2D eigenvalue weighted by Gasteiger charge is 2.11. The molecular formula is C11H22N2O3S. The quantitative estimate of drug-likeness (QED) is 0.650. The van der Waals surface area contributed by atoms with Crippen molar-refractivity contribution in [3.8, 4) is 0 Å². The van der Waals surface area contributed by atoms with Gasteiger partial charge in [-0.3, -0.25) is 4.79 Å². The van der Waals surface area contributed by atoms with E-state index in [9.17, 15) is 9.59 Å². The zero-order valence-corrected chi connectivity index (χ0v) is 11.5. The maximum Gasteiger partial charge on any atom is 0.317 e. The van der Waals surface area contributed by atoms with Crippen LogP contribution in [0.25, 0.3) is 0 Å². The van der Waals surface area contributed by atoms with Gasteiger partial charge < -0.3 is 15.3 Å². The van der Waals surface area contributed by atoms with Crippen molar-refractivity contribution in [2.75, 3.05) is 32.1 Å². The van der Waals surface area contributed by atoms with Crippen LogP contribution in [-0.4, -0.2) is 54.2 Å². The fourth-order valence-corrected chi connectivity index (χ4v) is 1.65. The summed E-state index contributed by atoms with van der Waals surface area (Å²) in [6.45, 7) is 2.92. The molecule has 0 aliphatic heterocycles. The molecule has 6 heteroatoms. The summed E-state index contributed by atoms with van der Waals surface area (Å²) in [5.41, 5.74) is 0. The number of aliphatic carboxylic acids is 1. The van der Waals surface area contributed by atoms with E-state index < -0.39 is 5.97 Å². The maximum atomic E-state index is 11.5. The molecule has 2 amide bonds. The predicted molar refractivity (Wildman–Crippen MR) is 70.4 cm³/mol. The Bertz CT molecular complexity index is 249. The molecule has 0 bridgehead atoms. The lowest BCUT2D eigenvalue weighted by molar-refractivity contribution is -0.141. The molecule has 0 aromatic carbocycles. The van der Waals surface area contributed by atoms with Crippen LogP contribution in [0.5, 0.6) is 0 Å². The van der Waals surface area contributed by atoms with Gasteiger partial charge in [0.1, 0.15) is 0 Å². The third-order valence-electron chi connectivity index (χ3n) is 2.49. The highest BCUT2D eigenvalue weighted by Crippen LogP contribution is 2.04. The number of carbonyl (C=O) groups excluding carboxylic acids is 1. The summed E-state index contributed by atoms with van der Waals surface area (Å²) in [7, 11) is 1.76. The average molecular weight is 262 g/mol. The number of hydrogen-bond donors (Lipinski definition) is 2. The van der Waals surface area contributed by atoms with Gasteiger partial charge in [-0.05, 0) is 19.1 Å². The Labute approximate surface area is 107 Å². The lowest BCUT2D eigenvalue weighted by atomic mass is 10.1. The summed E-state index contributed by atoms with van der Waals surface area (Å²) in [5.74, 6) is -0.213. The van der Waals surface area contributed by atoms with Gasteiger partial charge in [-0.15, -0.1) is 0 Å². The highest BCUT2D eigenvalue weighted by atomic mass is 32.2. The SMILES string of the molecule is CSCCN(C)C(=O)NCCCC(C)C(=O)O. The zero-order valence-electron chi connectivity index (χ0n) is 10.7. The van der Waals surface area contributed by atoms with Gasteiger partial charge in [0.05, 0.1) is 5.92 Å². The first-order chi connectivity index (χ1) is 7.99. The van der Waals surface area contributed by atoms with Crippen LogP contribution in [0.4, 0.5) is 4.79 Å². The van der Waals surface area contributed by atoms with Gasteiger partial charge in [-0.25, -0.2) is 4.79 Å². The number of thioether (sulfide) groups is 1.